The lowest BCUT2D eigenvalue weighted by molar-refractivity contribution is -0.113. The molecule has 38 heavy (non-hydrogen) atoms. The van der Waals surface area contributed by atoms with E-state index >= 15 is 0 Å². The molecule has 3 aromatic carbocycles. The summed E-state index contributed by atoms with van der Waals surface area (Å²) in [7, 11) is 3.45. The Morgan fingerprint density at radius 1 is 0.816 bits per heavy atom. The largest absolute Gasteiger partial charge is 0.407 e. The summed E-state index contributed by atoms with van der Waals surface area (Å²) < 4.78 is 54.3. The molecule has 9 heteroatoms. The second-order valence-electron chi connectivity index (χ2n) is 9.02. The number of hydrogen-bond donors (Lipinski definition) is 1. The van der Waals surface area contributed by atoms with Crippen molar-refractivity contribution in [1.82, 2.24) is 10.4 Å². The maximum atomic E-state index is 13.8. The van der Waals surface area contributed by atoms with Gasteiger partial charge in [-0.1, -0.05) is 12.1 Å². The maximum Gasteiger partial charge on any atom is 0.251 e. The van der Waals surface area contributed by atoms with Crippen molar-refractivity contribution in [3.8, 4) is 5.75 Å². The number of amides is 1. The van der Waals surface area contributed by atoms with E-state index in [4.69, 9.17) is 4.84 Å². The first kappa shape index (κ1) is 26.8. The Hall–Kier alpha value is -4.24. The van der Waals surface area contributed by atoms with Crippen LogP contribution in [-0.2, 0) is 4.79 Å². The van der Waals surface area contributed by atoms with E-state index in [1.54, 1.807) is 38.4 Å². The number of ketones is 1. The number of hydrogen-bond acceptors (Lipinski definition) is 4. The predicted octanol–water partition coefficient (Wildman–Crippen LogP) is 5.73. The SMILES string of the molecule is CN(C)Oc1ccc(C(=O)NC2C/C(=C\c3ccc(F)c(F)c3)C(=O)/C(=C/c3ccc(F)c(F)c3)C2)cc1. The van der Waals surface area contributed by atoms with Crippen LogP contribution in [0.4, 0.5) is 17.6 Å². The topological polar surface area (TPSA) is 58.6 Å². The van der Waals surface area contributed by atoms with Crippen molar-refractivity contribution in [2.24, 2.45) is 0 Å². The van der Waals surface area contributed by atoms with Crippen LogP contribution in [0.1, 0.15) is 34.3 Å². The average Bonchev–Trinajstić information content (AvgIpc) is 2.86. The average molecular weight is 525 g/mol. The second kappa shape index (κ2) is 11.4. The fourth-order valence-electron chi connectivity index (χ4n) is 4.10. The minimum absolute atomic E-state index is 0.126. The summed E-state index contributed by atoms with van der Waals surface area (Å²) in [5.41, 5.74) is 1.39. The molecule has 1 aliphatic carbocycles. The Bertz CT molecular complexity index is 1360. The predicted molar refractivity (Wildman–Crippen MR) is 135 cm³/mol. The van der Waals surface area contributed by atoms with Crippen LogP contribution in [0.2, 0.25) is 0 Å². The van der Waals surface area contributed by atoms with Gasteiger partial charge in [-0.3, -0.25) is 9.59 Å². The number of hydroxylamine groups is 2. The van der Waals surface area contributed by atoms with Gasteiger partial charge in [0.15, 0.2) is 29.1 Å². The van der Waals surface area contributed by atoms with Crippen molar-refractivity contribution in [2.45, 2.75) is 18.9 Å². The Labute approximate surface area is 217 Å². The lowest BCUT2D eigenvalue weighted by Gasteiger charge is -2.27. The fraction of sp³-hybridized carbons (Fsp3) is 0.172. The number of nitrogens with one attached hydrogen (secondary N) is 1. The Morgan fingerprint density at radius 3 is 1.76 bits per heavy atom. The molecule has 0 bridgehead atoms. The van der Waals surface area contributed by atoms with Gasteiger partial charge in [0, 0.05) is 36.8 Å². The molecule has 1 aliphatic rings. The van der Waals surface area contributed by atoms with Gasteiger partial charge in [0.25, 0.3) is 5.91 Å². The second-order valence-corrected chi connectivity index (χ2v) is 9.02. The van der Waals surface area contributed by atoms with Crippen molar-refractivity contribution in [1.29, 1.82) is 0 Å². The van der Waals surface area contributed by atoms with E-state index in [0.29, 0.717) is 11.3 Å². The number of nitrogens with zero attached hydrogens (tertiary/aromatic N) is 1. The van der Waals surface area contributed by atoms with Crippen molar-refractivity contribution >= 4 is 23.8 Å². The van der Waals surface area contributed by atoms with Gasteiger partial charge in [0.05, 0.1) is 0 Å². The third-order valence-corrected chi connectivity index (χ3v) is 5.82. The Morgan fingerprint density at radius 2 is 1.32 bits per heavy atom. The molecule has 0 heterocycles. The van der Waals surface area contributed by atoms with Gasteiger partial charge in [-0.15, -0.1) is 0 Å². The zero-order valence-corrected chi connectivity index (χ0v) is 20.6. The molecule has 0 aliphatic heterocycles. The molecule has 5 nitrogen and oxygen atoms in total. The summed E-state index contributed by atoms with van der Waals surface area (Å²) in [5.74, 6) is -4.40. The van der Waals surface area contributed by atoms with Gasteiger partial charge in [-0.05, 0) is 84.7 Å². The molecule has 196 valence electrons. The molecular formula is C29H24F4N2O3. The maximum absolute atomic E-state index is 13.8. The van der Waals surface area contributed by atoms with E-state index in [9.17, 15) is 27.2 Å². The number of carbonyl (C=O) groups is 2. The van der Waals surface area contributed by atoms with Gasteiger partial charge in [-0.2, -0.15) is 5.06 Å². The summed E-state index contributed by atoms with van der Waals surface area (Å²) in [6.45, 7) is 0. The first-order valence-electron chi connectivity index (χ1n) is 11.7. The third-order valence-electron chi connectivity index (χ3n) is 5.82. The van der Waals surface area contributed by atoms with E-state index < -0.39 is 35.1 Å². The zero-order chi connectivity index (χ0) is 27.4. The number of halogens is 4. The zero-order valence-electron chi connectivity index (χ0n) is 20.6. The molecule has 1 saturated carbocycles. The number of benzene rings is 3. The normalized spacial score (nSPS) is 17.8. The molecule has 0 unspecified atom stereocenters. The van der Waals surface area contributed by atoms with Crippen LogP contribution in [0.15, 0.2) is 71.8 Å². The van der Waals surface area contributed by atoms with Crippen LogP contribution >= 0.6 is 0 Å². The smallest absolute Gasteiger partial charge is 0.251 e. The highest BCUT2D eigenvalue weighted by molar-refractivity contribution is 6.14. The Balaban J connectivity index is 1.63. The molecule has 0 saturated heterocycles. The van der Waals surface area contributed by atoms with E-state index in [0.717, 1.165) is 24.3 Å². The summed E-state index contributed by atoms with van der Waals surface area (Å²) in [6, 6.07) is 12.4. The molecule has 1 N–H and O–H groups in total. The molecule has 3 aromatic rings. The van der Waals surface area contributed by atoms with Crippen molar-refractivity contribution in [2.75, 3.05) is 14.1 Å². The van der Waals surface area contributed by atoms with E-state index in [1.165, 1.54) is 29.3 Å². The van der Waals surface area contributed by atoms with Gasteiger partial charge in [0.1, 0.15) is 5.75 Å². The minimum Gasteiger partial charge on any atom is -0.407 e. The minimum atomic E-state index is -1.06. The van der Waals surface area contributed by atoms with E-state index in [2.05, 4.69) is 5.32 Å². The quantitative estimate of drug-likeness (QED) is 0.254. The lowest BCUT2D eigenvalue weighted by atomic mass is 9.83. The highest BCUT2D eigenvalue weighted by atomic mass is 19.2. The summed E-state index contributed by atoms with van der Waals surface area (Å²) >= 11 is 0. The number of Topliss-reactive ketones (excluding diaryl/α,β-unsaturated/α-hetero) is 1. The standard InChI is InChI=1S/C29H24F4N2O3/c1-35(2)38-23-7-5-19(6-8-23)29(37)34-22-15-20(11-17-3-9-24(30)26(32)13-17)28(36)21(16-22)12-18-4-10-25(31)27(33)14-18/h3-14,22H,15-16H2,1-2H3,(H,34,37)/b20-11+,21-12+. The molecule has 1 amide bonds. The number of carbonyl (C=O) groups excluding carboxylic acids is 2. The van der Waals surface area contributed by atoms with E-state index in [1.807, 2.05) is 0 Å². The molecule has 0 aromatic heterocycles. The molecule has 0 spiro atoms. The Kier molecular flexibility index (Phi) is 8.07. The highest BCUT2D eigenvalue weighted by Crippen LogP contribution is 2.29. The van der Waals surface area contributed by atoms with Crippen molar-refractivity contribution in [3.63, 3.8) is 0 Å². The summed E-state index contributed by atoms with van der Waals surface area (Å²) in [6.07, 6.45) is 3.10. The first-order chi connectivity index (χ1) is 18.1. The monoisotopic (exact) mass is 524 g/mol. The van der Waals surface area contributed by atoms with Crippen LogP contribution in [0.25, 0.3) is 12.2 Å². The molecule has 1 fully saturated rings. The van der Waals surface area contributed by atoms with Gasteiger partial charge in [0.2, 0.25) is 0 Å². The van der Waals surface area contributed by atoms with Gasteiger partial charge in [-0.25, -0.2) is 17.6 Å². The van der Waals surface area contributed by atoms with Crippen LogP contribution in [0.5, 0.6) is 5.75 Å². The van der Waals surface area contributed by atoms with Crippen LogP contribution in [0, 0.1) is 23.3 Å². The summed E-state index contributed by atoms with van der Waals surface area (Å²) in [4.78, 5) is 31.6. The number of rotatable bonds is 6. The molecule has 0 radical (unpaired) electrons. The third kappa shape index (κ3) is 6.54. The molecule has 0 atom stereocenters. The summed E-state index contributed by atoms with van der Waals surface area (Å²) in [5, 5.41) is 4.41. The van der Waals surface area contributed by atoms with Crippen LogP contribution in [-0.4, -0.2) is 36.9 Å². The van der Waals surface area contributed by atoms with Crippen molar-refractivity contribution < 1.29 is 32.0 Å². The first-order valence-corrected chi connectivity index (χ1v) is 11.7. The van der Waals surface area contributed by atoms with Gasteiger partial charge >= 0.3 is 0 Å². The van der Waals surface area contributed by atoms with E-state index in [-0.39, 0.29) is 41.0 Å². The van der Waals surface area contributed by atoms with Gasteiger partial charge < -0.3 is 10.2 Å². The molecule has 4 rings (SSSR count). The van der Waals surface area contributed by atoms with Crippen LogP contribution < -0.4 is 10.2 Å². The highest BCUT2D eigenvalue weighted by Gasteiger charge is 2.29. The van der Waals surface area contributed by atoms with Crippen LogP contribution in [0.3, 0.4) is 0 Å². The van der Waals surface area contributed by atoms with Crippen molar-refractivity contribution in [3.05, 3.63) is 112 Å². The molecular weight excluding hydrogens is 500 g/mol. The lowest BCUT2D eigenvalue weighted by Crippen LogP contribution is -2.39. The fourth-order valence-corrected chi connectivity index (χ4v) is 4.10.